The van der Waals surface area contributed by atoms with Crippen LogP contribution in [0.2, 0.25) is 0 Å². The predicted molar refractivity (Wildman–Crippen MR) is 89.5 cm³/mol. The second-order valence-corrected chi connectivity index (χ2v) is 5.75. The molecule has 1 aromatic carbocycles. The van der Waals surface area contributed by atoms with Crippen LogP contribution in [0.15, 0.2) is 24.3 Å². The van der Waals surface area contributed by atoms with Crippen LogP contribution < -0.4 is 20.7 Å². The number of hydrogen-bond acceptors (Lipinski definition) is 3. The van der Waals surface area contributed by atoms with Crippen molar-refractivity contribution < 1.29 is 9.53 Å². The first-order valence-corrected chi connectivity index (χ1v) is 8.20. The molecule has 0 unspecified atom stereocenters. The lowest BCUT2D eigenvalue weighted by Crippen LogP contribution is -2.38. The third kappa shape index (κ3) is 5.93. The van der Waals surface area contributed by atoms with E-state index in [1.807, 2.05) is 24.3 Å². The number of benzene rings is 1. The van der Waals surface area contributed by atoms with Crippen LogP contribution in [0.5, 0.6) is 5.75 Å². The number of urea groups is 1. The fourth-order valence-electron chi connectivity index (χ4n) is 2.79. The first kappa shape index (κ1) is 16.6. The third-order valence-corrected chi connectivity index (χ3v) is 4.05. The standard InChI is InChI=1S/C17H27N3O2/c1-22-16-10-8-15(9-11-16)20-17(21)19-13-12-18-14-6-4-2-3-5-7-14/h8-11,14,18H,2-7,12-13H2,1H3,(H2,19,20,21). The van der Waals surface area contributed by atoms with Crippen molar-refractivity contribution in [3.8, 4) is 5.75 Å². The summed E-state index contributed by atoms with van der Waals surface area (Å²) in [5, 5.41) is 9.22. The van der Waals surface area contributed by atoms with Gasteiger partial charge in [-0.25, -0.2) is 4.79 Å². The zero-order chi connectivity index (χ0) is 15.6. The summed E-state index contributed by atoms with van der Waals surface area (Å²) in [4.78, 5) is 11.8. The van der Waals surface area contributed by atoms with Gasteiger partial charge in [0, 0.05) is 24.8 Å². The van der Waals surface area contributed by atoms with Crippen LogP contribution >= 0.6 is 0 Å². The molecule has 0 saturated heterocycles. The van der Waals surface area contributed by atoms with Crippen molar-refractivity contribution in [2.75, 3.05) is 25.5 Å². The van der Waals surface area contributed by atoms with Crippen molar-refractivity contribution in [2.45, 2.75) is 44.6 Å². The van der Waals surface area contributed by atoms with Gasteiger partial charge in [-0.3, -0.25) is 0 Å². The molecule has 1 aliphatic carbocycles. The van der Waals surface area contributed by atoms with E-state index in [0.29, 0.717) is 12.6 Å². The van der Waals surface area contributed by atoms with Crippen molar-refractivity contribution >= 4 is 11.7 Å². The summed E-state index contributed by atoms with van der Waals surface area (Å²) in [6, 6.07) is 7.73. The van der Waals surface area contributed by atoms with Crippen molar-refractivity contribution in [2.24, 2.45) is 0 Å². The summed E-state index contributed by atoms with van der Waals surface area (Å²) in [5.74, 6) is 0.776. The maximum Gasteiger partial charge on any atom is 0.319 e. The van der Waals surface area contributed by atoms with E-state index in [4.69, 9.17) is 4.74 Å². The number of carbonyl (C=O) groups excluding carboxylic acids is 1. The van der Waals surface area contributed by atoms with Crippen LogP contribution in [0.1, 0.15) is 38.5 Å². The molecule has 1 aromatic rings. The smallest absolute Gasteiger partial charge is 0.319 e. The zero-order valence-electron chi connectivity index (χ0n) is 13.4. The number of methoxy groups -OCH3 is 1. The molecular formula is C17H27N3O2. The molecule has 0 radical (unpaired) electrons. The second-order valence-electron chi connectivity index (χ2n) is 5.75. The molecule has 0 spiro atoms. The average molecular weight is 305 g/mol. The summed E-state index contributed by atoms with van der Waals surface area (Å²) in [7, 11) is 1.62. The number of hydrogen-bond donors (Lipinski definition) is 3. The molecule has 1 aliphatic rings. The molecule has 122 valence electrons. The van der Waals surface area contributed by atoms with Gasteiger partial charge in [0.2, 0.25) is 0 Å². The Morgan fingerprint density at radius 2 is 1.77 bits per heavy atom. The molecule has 1 fully saturated rings. The Morgan fingerprint density at radius 1 is 1.09 bits per heavy atom. The van der Waals surface area contributed by atoms with Gasteiger partial charge >= 0.3 is 6.03 Å². The first-order valence-electron chi connectivity index (χ1n) is 8.20. The minimum absolute atomic E-state index is 0.173. The van der Waals surface area contributed by atoms with E-state index in [1.54, 1.807) is 7.11 Å². The van der Waals surface area contributed by atoms with Gasteiger partial charge in [0.15, 0.2) is 0 Å². The highest BCUT2D eigenvalue weighted by Crippen LogP contribution is 2.17. The number of rotatable bonds is 6. The van der Waals surface area contributed by atoms with Crippen LogP contribution in [0.4, 0.5) is 10.5 Å². The third-order valence-electron chi connectivity index (χ3n) is 4.05. The van der Waals surface area contributed by atoms with E-state index in [-0.39, 0.29) is 6.03 Å². The van der Waals surface area contributed by atoms with E-state index in [0.717, 1.165) is 18.0 Å². The largest absolute Gasteiger partial charge is 0.497 e. The SMILES string of the molecule is COc1ccc(NC(=O)NCCNC2CCCCCC2)cc1. The Balaban J connectivity index is 1.60. The maximum absolute atomic E-state index is 11.8. The second kappa shape index (κ2) is 9.30. The molecule has 0 aromatic heterocycles. The molecule has 0 bridgehead atoms. The molecule has 0 aliphatic heterocycles. The van der Waals surface area contributed by atoms with Crippen molar-refractivity contribution in [3.63, 3.8) is 0 Å². The van der Waals surface area contributed by atoms with Gasteiger partial charge in [0.05, 0.1) is 7.11 Å². The summed E-state index contributed by atoms with van der Waals surface area (Å²) < 4.78 is 5.08. The number of ether oxygens (including phenoxy) is 1. The van der Waals surface area contributed by atoms with Crippen LogP contribution in [0.25, 0.3) is 0 Å². The zero-order valence-corrected chi connectivity index (χ0v) is 13.4. The normalized spacial score (nSPS) is 15.9. The van der Waals surface area contributed by atoms with Crippen LogP contribution in [-0.4, -0.2) is 32.3 Å². The monoisotopic (exact) mass is 305 g/mol. The first-order chi connectivity index (χ1) is 10.8. The van der Waals surface area contributed by atoms with Gasteiger partial charge in [0.25, 0.3) is 0 Å². The number of carbonyl (C=O) groups is 1. The topological polar surface area (TPSA) is 62.4 Å². The Kier molecular flexibility index (Phi) is 7.03. The van der Waals surface area contributed by atoms with E-state index < -0.39 is 0 Å². The highest BCUT2D eigenvalue weighted by molar-refractivity contribution is 5.89. The molecule has 2 amide bonds. The van der Waals surface area contributed by atoms with E-state index in [2.05, 4.69) is 16.0 Å². The molecule has 5 nitrogen and oxygen atoms in total. The molecule has 3 N–H and O–H groups in total. The lowest BCUT2D eigenvalue weighted by atomic mass is 10.1. The van der Waals surface area contributed by atoms with E-state index >= 15 is 0 Å². The van der Waals surface area contributed by atoms with Gasteiger partial charge in [-0.2, -0.15) is 0 Å². The number of nitrogens with one attached hydrogen (secondary N) is 3. The molecule has 1 saturated carbocycles. The Labute approximate surface area is 132 Å². The Morgan fingerprint density at radius 3 is 2.41 bits per heavy atom. The predicted octanol–water partition coefficient (Wildman–Crippen LogP) is 3.13. The van der Waals surface area contributed by atoms with Gasteiger partial charge in [-0.15, -0.1) is 0 Å². The molecule has 22 heavy (non-hydrogen) atoms. The van der Waals surface area contributed by atoms with Crippen molar-refractivity contribution in [1.82, 2.24) is 10.6 Å². The fraction of sp³-hybridized carbons (Fsp3) is 0.588. The maximum atomic E-state index is 11.8. The van der Waals surface area contributed by atoms with Gasteiger partial charge in [0.1, 0.15) is 5.75 Å². The molecular weight excluding hydrogens is 278 g/mol. The fourth-order valence-corrected chi connectivity index (χ4v) is 2.79. The summed E-state index contributed by atoms with van der Waals surface area (Å²) in [6.07, 6.45) is 7.89. The highest BCUT2D eigenvalue weighted by Gasteiger charge is 2.11. The van der Waals surface area contributed by atoms with Crippen LogP contribution in [-0.2, 0) is 0 Å². The number of anilines is 1. The summed E-state index contributed by atoms with van der Waals surface area (Å²) in [6.45, 7) is 1.46. The summed E-state index contributed by atoms with van der Waals surface area (Å²) >= 11 is 0. The van der Waals surface area contributed by atoms with E-state index in [9.17, 15) is 4.79 Å². The van der Waals surface area contributed by atoms with Crippen LogP contribution in [0, 0.1) is 0 Å². The van der Waals surface area contributed by atoms with Crippen molar-refractivity contribution in [3.05, 3.63) is 24.3 Å². The van der Waals surface area contributed by atoms with Gasteiger partial charge in [-0.1, -0.05) is 25.7 Å². The van der Waals surface area contributed by atoms with Crippen molar-refractivity contribution in [1.29, 1.82) is 0 Å². The molecule has 2 rings (SSSR count). The minimum atomic E-state index is -0.173. The quantitative estimate of drug-likeness (QED) is 0.559. The summed E-state index contributed by atoms with van der Waals surface area (Å²) in [5.41, 5.74) is 0.759. The molecule has 0 atom stereocenters. The molecule has 0 heterocycles. The number of amides is 2. The minimum Gasteiger partial charge on any atom is -0.497 e. The van der Waals surface area contributed by atoms with Gasteiger partial charge < -0.3 is 20.7 Å². The Hall–Kier alpha value is -1.75. The lowest BCUT2D eigenvalue weighted by molar-refractivity contribution is 0.252. The Bertz CT molecular complexity index is 440. The average Bonchev–Trinajstić information content (AvgIpc) is 2.81. The van der Waals surface area contributed by atoms with Gasteiger partial charge in [-0.05, 0) is 37.1 Å². The molecule has 5 heteroatoms. The van der Waals surface area contributed by atoms with Crippen LogP contribution in [0.3, 0.4) is 0 Å². The van der Waals surface area contributed by atoms with E-state index in [1.165, 1.54) is 38.5 Å². The highest BCUT2D eigenvalue weighted by atomic mass is 16.5. The lowest BCUT2D eigenvalue weighted by Gasteiger charge is -2.16.